The molecule has 2 bridgehead atoms. The van der Waals surface area contributed by atoms with Crippen LogP contribution in [-0.2, 0) is 14.4 Å². The van der Waals surface area contributed by atoms with Gasteiger partial charge >= 0.3 is 0 Å². The van der Waals surface area contributed by atoms with Crippen LogP contribution in [0.4, 0.5) is 5.69 Å². The summed E-state index contributed by atoms with van der Waals surface area (Å²) in [6, 6.07) is 7.13. The Hall–Kier alpha value is -2.63. The van der Waals surface area contributed by atoms with Crippen LogP contribution in [0.3, 0.4) is 0 Å². The van der Waals surface area contributed by atoms with E-state index in [0.717, 1.165) is 18.6 Å². The van der Waals surface area contributed by atoms with Crippen molar-refractivity contribution < 1.29 is 19.1 Å². The van der Waals surface area contributed by atoms with E-state index in [4.69, 9.17) is 4.74 Å². The molecule has 4 aliphatic rings. The Bertz CT molecular complexity index is 754. The van der Waals surface area contributed by atoms with Crippen molar-refractivity contribution in [3.05, 3.63) is 36.4 Å². The second-order valence-electron chi connectivity index (χ2n) is 7.43. The molecule has 0 unspecified atom stereocenters. The molecule has 1 N–H and O–H groups in total. The van der Waals surface area contributed by atoms with Gasteiger partial charge in [0.1, 0.15) is 5.75 Å². The predicted octanol–water partition coefficient (Wildman–Crippen LogP) is 2.61. The molecule has 4 atom stereocenters. The van der Waals surface area contributed by atoms with Gasteiger partial charge in [0.25, 0.3) is 0 Å². The Morgan fingerprint density at radius 3 is 2.19 bits per heavy atom. The van der Waals surface area contributed by atoms with Gasteiger partial charge < -0.3 is 10.1 Å². The quantitative estimate of drug-likeness (QED) is 0.619. The minimum Gasteiger partial charge on any atom is -0.494 e. The summed E-state index contributed by atoms with van der Waals surface area (Å²) in [4.78, 5) is 39.0. The average Bonchev–Trinajstić information content (AvgIpc) is 2.95. The van der Waals surface area contributed by atoms with Crippen LogP contribution in [0, 0.1) is 23.7 Å². The van der Waals surface area contributed by atoms with Crippen LogP contribution >= 0.6 is 0 Å². The van der Waals surface area contributed by atoms with Gasteiger partial charge in [0.15, 0.2) is 0 Å². The molecule has 142 valence electrons. The molecule has 1 heterocycles. The van der Waals surface area contributed by atoms with E-state index in [9.17, 15) is 14.4 Å². The van der Waals surface area contributed by atoms with E-state index in [0.29, 0.717) is 12.3 Å². The fourth-order valence-corrected chi connectivity index (χ4v) is 4.59. The molecular formula is C21H24N2O4. The highest BCUT2D eigenvalue weighted by Crippen LogP contribution is 2.49. The number of amides is 3. The minimum atomic E-state index is -0.213. The number of nitrogens with zero attached hydrogens (tertiary/aromatic N) is 1. The molecule has 1 aliphatic heterocycles. The van der Waals surface area contributed by atoms with Gasteiger partial charge in [0.05, 0.1) is 18.4 Å². The second-order valence-corrected chi connectivity index (χ2v) is 7.43. The van der Waals surface area contributed by atoms with Gasteiger partial charge in [-0.15, -0.1) is 0 Å². The van der Waals surface area contributed by atoms with Crippen molar-refractivity contribution in [3.8, 4) is 5.75 Å². The van der Waals surface area contributed by atoms with Crippen molar-refractivity contribution in [3.63, 3.8) is 0 Å². The number of likely N-dealkylation sites (tertiary alicyclic amines) is 1. The molecule has 0 spiro atoms. The zero-order valence-electron chi connectivity index (χ0n) is 15.4. The molecule has 1 aromatic rings. The maximum atomic E-state index is 12.7. The third-order valence-electron chi connectivity index (χ3n) is 5.86. The SMILES string of the molecule is CCOc1ccc(NC(=O)CCN2C(=O)[C@@H]3[C@H](C2=O)[C@H]2C=C[C@H]3CC2)cc1. The topological polar surface area (TPSA) is 75.7 Å². The van der Waals surface area contributed by atoms with E-state index in [1.807, 2.05) is 6.92 Å². The summed E-state index contributed by atoms with van der Waals surface area (Å²) in [7, 11) is 0. The lowest BCUT2D eigenvalue weighted by molar-refractivity contribution is -0.140. The van der Waals surface area contributed by atoms with Gasteiger partial charge in [0, 0.05) is 18.7 Å². The molecule has 3 aliphatic carbocycles. The first-order chi connectivity index (χ1) is 13.1. The summed E-state index contributed by atoms with van der Waals surface area (Å²) in [6.45, 7) is 2.64. The summed E-state index contributed by atoms with van der Waals surface area (Å²) >= 11 is 0. The van der Waals surface area contributed by atoms with Gasteiger partial charge in [-0.1, -0.05) is 12.2 Å². The third kappa shape index (κ3) is 3.24. The Morgan fingerprint density at radius 2 is 1.67 bits per heavy atom. The minimum absolute atomic E-state index is 0.0992. The van der Waals surface area contributed by atoms with Crippen LogP contribution in [0.1, 0.15) is 26.2 Å². The van der Waals surface area contributed by atoms with E-state index in [-0.39, 0.29) is 54.4 Å². The van der Waals surface area contributed by atoms with Crippen LogP contribution in [0.15, 0.2) is 36.4 Å². The van der Waals surface area contributed by atoms with Crippen molar-refractivity contribution in [2.45, 2.75) is 26.2 Å². The van der Waals surface area contributed by atoms with Gasteiger partial charge in [-0.25, -0.2) is 0 Å². The van der Waals surface area contributed by atoms with E-state index >= 15 is 0 Å². The van der Waals surface area contributed by atoms with E-state index < -0.39 is 0 Å². The first kappa shape index (κ1) is 17.8. The third-order valence-corrected chi connectivity index (χ3v) is 5.86. The van der Waals surface area contributed by atoms with Crippen molar-refractivity contribution in [1.29, 1.82) is 0 Å². The number of imide groups is 1. The van der Waals surface area contributed by atoms with Crippen LogP contribution in [-0.4, -0.2) is 35.8 Å². The maximum absolute atomic E-state index is 12.7. The number of benzene rings is 1. The zero-order valence-corrected chi connectivity index (χ0v) is 15.4. The molecule has 3 amide bonds. The van der Waals surface area contributed by atoms with Crippen LogP contribution in [0.5, 0.6) is 5.75 Å². The monoisotopic (exact) mass is 368 g/mol. The Morgan fingerprint density at radius 1 is 1.07 bits per heavy atom. The van der Waals surface area contributed by atoms with Crippen molar-refractivity contribution in [2.75, 3.05) is 18.5 Å². The largest absolute Gasteiger partial charge is 0.494 e. The molecule has 6 nitrogen and oxygen atoms in total. The number of ether oxygens (including phenoxy) is 1. The number of anilines is 1. The smallest absolute Gasteiger partial charge is 0.233 e. The van der Waals surface area contributed by atoms with Gasteiger partial charge in [-0.2, -0.15) is 0 Å². The van der Waals surface area contributed by atoms with Gasteiger partial charge in [0.2, 0.25) is 17.7 Å². The molecule has 0 radical (unpaired) electrons. The normalized spacial score (nSPS) is 28.4. The Balaban J connectivity index is 1.34. The maximum Gasteiger partial charge on any atom is 0.233 e. The molecule has 1 saturated heterocycles. The number of rotatable bonds is 6. The highest BCUT2D eigenvalue weighted by atomic mass is 16.5. The summed E-state index contributed by atoms with van der Waals surface area (Å²) in [5.74, 6) is 0.269. The first-order valence-electron chi connectivity index (χ1n) is 9.64. The molecule has 5 rings (SSSR count). The lowest BCUT2D eigenvalue weighted by atomic mass is 9.63. The number of carbonyl (C=O) groups is 3. The lowest BCUT2D eigenvalue weighted by Gasteiger charge is -2.38. The molecular weight excluding hydrogens is 344 g/mol. The van der Waals surface area contributed by atoms with E-state index in [1.54, 1.807) is 24.3 Å². The summed E-state index contributed by atoms with van der Waals surface area (Å²) in [5.41, 5.74) is 0.665. The second kappa shape index (κ2) is 7.18. The zero-order chi connectivity index (χ0) is 19.0. The van der Waals surface area contributed by atoms with E-state index in [1.165, 1.54) is 4.90 Å². The predicted molar refractivity (Wildman–Crippen MR) is 99.9 cm³/mol. The molecule has 6 heteroatoms. The van der Waals surface area contributed by atoms with Crippen molar-refractivity contribution in [1.82, 2.24) is 4.90 Å². The lowest BCUT2D eigenvalue weighted by Crippen LogP contribution is -2.38. The van der Waals surface area contributed by atoms with Crippen molar-refractivity contribution in [2.24, 2.45) is 23.7 Å². The summed E-state index contributed by atoms with van der Waals surface area (Å²) in [5, 5.41) is 2.80. The van der Waals surface area contributed by atoms with Crippen LogP contribution in [0.25, 0.3) is 0 Å². The summed E-state index contributed by atoms with van der Waals surface area (Å²) in [6.07, 6.45) is 6.26. The molecule has 27 heavy (non-hydrogen) atoms. The first-order valence-corrected chi connectivity index (χ1v) is 9.64. The standard InChI is InChI=1S/C21H24N2O4/c1-2-27-16-9-7-15(8-10-16)22-17(24)11-12-23-20(25)18-13-3-4-14(6-5-13)19(18)21(23)26/h3-4,7-10,13-14,18-19H,2,5-6,11-12H2,1H3,(H,22,24)/t13-,14-,18-,19+/m0/s1. The van der Waals surface area contributed by atoms with Gasteiger partial charge in [-0.05, 0) is 55.9 Å². The number of carbonyl (C=O) groups excluding carboxylic acids is 3. The number of allylic oxidation sites excluding steroid dienone is 2. The Kier molecular flexibility index (Phi) is 4.72. The fraction of sp³-hybridized carbons (Fsp3) is 0.476. The number of hydrogen-bond acceptors (Lipinski definition) is 4. The molecule has 0 aromatic heterocycles. The Labute approximate surface area is 158 Å². The molecule has 2 fully saturated rings. The van der Waals surface area contributed by atoms with Crippen molar-refractivity contribution >= 4 is 23.4 Å². The van der Waals surface area contributed by atoms with Crippen LogP contribution in [0.2, 0.25) is 0 Å². The van der Waals surface area contributed by atoms with Gasteiger partial charge in [-0.3, -0.25) is 19.3 Å². The number of fused-ring (bicyclic) bond motifs is 1. The van der Waals surface area contributed by atoms with E-state index in [2.05, 4.69) is 17.5 Å². The molecule has 1 saturated carbocycles. The highest BCUT2D eigenvalue weighted by molar-refractivity contribution is 6.06. The number of nitrogens with one attached hydrogen (secondary N) is 1. The average molecular weight is 368 g/mol. The molecule has 1 aromatic carbocycles. The fourth-order valence-electron chi connectivity index (χ4n) is 4.59. The summed E-state index contributed by atoms with van der Waals surface area (Å²) < 4.78 is 5.37. The number of hydrogen-bond donors (Lipinski definition) is 1. The highest BCUT2D eigenvalue weighted by Gasteiger charge is 2.56. The van der Waals surface area contributed by atoms with Crippen LogP contribution < -0.4 is 10.1 Å².